The van der Waals surface area contributed by atoms with Crippen LogP contribution in [0, 0.1) is 0 Å². The van der Waals surface area contributed by atoms with Crippen molar-refractivity contribution in [3.05, 3.63) is 56.5 Å². The van der Waals surface area contributed by atoms with Crippen molar-refractivity contribution in [3.63, 3.8) is 0 Å². The number of rotatable bonds is 5. The Morgan fingerprint density at radius 2 is 1.90 bits per heavy atom. The Morgan fingerprint density at radius 1 is 1.21 bits per heavy atom. The quantitative estimate of drug-likeness (QED) is 0.536. The molecule has 1 heterocycles. The van der Waals surface area contributed by atoms with E-state index in [0.29, 0.717) is 31.7 Å². The molecule has 0 radical (unpaired) electrons. The normalized spacial score (nSPS) is 18.3. The summed E-state index contributed by atoms with van der Waals surface area (Å²) in [5.41, 5.74) is 6.38. The van der Waals surface area contributed by atoms with Gasteiger partial charge in [0.05, 0.1) is 16.1 Å². The number of hydrogen-bond donors (Lipinski definition) is 2. The van der Waals surface area contributed by atoms with Gasteiger partial charge >= 0.3 is 6.18 Å². The summed E-state index contributed by atoms with van der Waals surface area (Å²) in [5, 5.41) is 0. The highest BCUT2D eigenvalue weighted by Crippen LogP contribution is 2.34. The average Bonchev–Trinajstić information content (AvgIpc) is 3.04. The topological polar surface area (TPSA) is 75.4 Å². The largest absolute Gasteiger partial charge is 0.417 e. The molecule has 1 aliphatic rings. The predicted molar refractivity (Wildman–Crippen MR) is 112 cm³/mol. The molecular weight excluding hydrogens is 539 g/mol. The lowest BCUT2D eigenvalue weighted by Crippen LogP contribution is -2.37. The minimum absolute atomic E-state index is 0.372. The van der Waals surface area contributed by atoms with Crippen molar-refractivity contribution in [2.45, 2.75) is 30.1 Å². The van der Waals surface area contributed by atoms with Crippen LogP contribution in [0.15, 0.2) is 50.2 Å². The van der Waals surface area contributed by atoms with Crippen LogP contribution < -0.4 is 10.5 Å². The third kappa shape index (κ3) is 5.32. The monoisotopic (exact) mass is 555 g/mol. The van der Waals surface area contributed by atoms with E-state index in [4.69, 9.17) is 5.73 Å². The molecule has 29 heavy (non-hydrogen) atoms. The van der Waals surface area contributed by atoms with Gasteiger partial charge in [-0.05, 0) is 52.2 Å². The third-order valence-electron chi connectivity index (χ3n) is 4.65. The zero-order valence-electron chi connectivity index (χ0n) is 15.0. The lowest BCUT2D eigenvalue weighted by molar-refractivity contribution is -0.139. The first-order valence-electron chi connectivity index (χ1n) is 8.61. The fraction of sp³-hybridized carbons (Fsp3) is 0.333. The van der Waals surface area contributed by atoms with Gasteiger partial charge in [0, 0.05) is 34.6 Å². The number of nitrogens with zero attached hydrogens (tertiary/aromatic N) is 1. The molecule has 158 valence electrons. The highest BCUT2D eigenvalue weighted by Gasteiger charge is 2.38. The number of hydrogen-bond acceptors (Lipinski definition) is 4. The first-order chi connectivity index (χ1) is 13.5. The molecule has 0 bridgehead atoms. The second-order valence-electron chi connectivity index (χ2n) is 6.80. The number of alkyl halides is 3. The van der Waals surface area contributed by atoms with Gasteiger partial charge in [0.2, 0.25) is 10.0 Å². The zero-order chi connectivity index (χ0) is 21.4. The number of nitrogens with one attached hydrogen (secondary N) is 1. The molecule has 1 atom stereocenters. The van der Waals surface area contributed by atoms with Gasteiger partial charge in [0.15, 0.2) is 0 Å². The first-order valence-corrected chi connectivity index (χ1v) is 11.7. The van der Waals surface area contributed by atoms with Gasteiger partial charge in [-0.25, -0.2) is 13.1 Å². The van der Waals surface area contributed by atoms with Gasteiger partial charge in [-0.3, -0.25) is 4.90 Å². The third-order valence-corrected chi connectivity index (χ3v) is 7.34. The van der Waals surface area contributed by atoms with Crippen LogP contribution in [-0.4, -0.2) is 32.4 Å². The molecule has 2 aromatic rings. The number of likely N-dealkylation sites (tertiary alicyclic amines) is 1. The molecular formula is C18H18Br2F3N3O2S. The zero-order valence-corrected chi connectivity index (χ0v) is 19.0. The average molecular weight is 557 g/mol. The molecule has 0 spiro atoms. The molecule has 5 nitrogen and oxygen atoms in total. The van der Waals surface area contributed by atoms with Crippen LogP contribution in [0.4, 0.5) is 18.9 Å². The number of nitrogen functional groups attached to an aromatic ring is 1. The van der Waals surface area contributed by atoms with E-state index in [1.54, 1.807) is 0 Å². The molecule has 3 rings (SSSR count). The standard InChI is InChI=1S/C18H18Br2F3N3O2S/c19-12-7-11(17(24)15(20)8-12)9-26-6-5-13(10-26)25-29(27,28)16-4-2-1-3-14(16)18(21,22)23/h1-4,7-8,13,25H,5-6,9-10,24H2/t13-/m1/s1. The van der Waals surface area contributed by atoms with Gasteiger partial charge in [-0.2, -0.15) is 13.2 Å². The van der Waals surface area contributed by atoms with Crippen molar-refractivity contribution in [2.75, 3.05) is 18.8 Å². The van der Waals surface area contributed by atoms with Crippen LogP contribution in [0.5, 0.6) is 0 Å². The van der Waals surface area contributed by atoms with Crippen LogP contribution >= 0.6 is 31.9 Å². The predicted octanol–water partition coefficient (Wildman–Crippen LogP) is 4.37. The molecule has 1 aliphatic heterocycles. The van der Waals surface area contributed by atoms with E-state index >= 15 is 0 Å². The van der Waals surface area contributed by atoms with E-state index < -0.39 is 32.7 Å². The van der Waals surface area contributed by atoms with Crippen molar-refractivity contribution in [3.8, 4) is 0 Å². The Hall–Kier alpha value is -1.14. The Morgan fingerprint density at radius 3 is 2.59 bits per heavy atom. The molecule has 0 amide bonds. The summed E-state index contributed by atoms with van der Waals surface area (Å²) in [7, 11) is -4.31. The van der Waals surface area contributed by atoms with E-state index in [1.165, 1.54) is 12.1 Å². The van der Waals surface area contributed by atoms with E-state index in [0.717, 1.165) is 26.6 Å². The smallest absolute Gasteiger partial charge is 0.398 e. The molecule has 2 aromatic carbocycles. The van der Waals surface area contributed by atoms with Gasteiger partial charge < -0.3 is 5.73 Å². The molecule has 0 aliphatic carbocycles. The summed E-state index contributed by atoms with van der Waals surface area (Å²) < 4.78 is 68.8. The Balaban J connectivity index is 1.72. The molecule has 11 heteroatoms. The van der Waals surface area contributed by atoms with Crippen LogP contribution in [0.25, 0.3) is 0 Å². The van der Waals surface area contributed by atoms with E-state index in [-0.39, 0.29) is 0 Å². The lowest BCUT2D eigenvalue weighted by Gasteiger charge is -2.19. The minimum Gasteiger partial charge on any atom is -0.398 e. The van der Waals surface area contributed by atoms with E-state index in [1.807, 2.05) is 17.0 Å². The summed E-state index contributed by atoms with van der Waals surface area (Å²) in [6, 6.07) is 7.41. The molecule has 3 N–H and O–H groups in total. The van der Waals surface area contributed by atoms with Crippen molar-refractivity contribution in [1.82, 2.24) is 9.62 Å². The second kappa shape index (κ2) is 8.54. The maximum atomic E-state index is 13.2. The van der Waals surface area contributed by atoms with E-state index in [9.17, 15) is 21.6 Å². The lowest BCUT2D eigenvalue weighted by atomic mass is 10.2. The van der Waals surface area contributed by atoms with Gasteiger partial charge in [-0.1, -0.05) is 28.1 Å². The van der Waals surface area contributed by atoms with Crippen LogP contribution in [0.3, 0.4) is 0 Å². The maximum absolute atomic E-state index is 13.2. The Bertz CT molecular complexity index is 1020. The fourth-order valence-corrected chi connectivity index (χ4v) is 6.10. The molecule has 0 saturated carbocycles. The van der Waals surface area contributed by atoms with Crippen molar-refractivity contribution < 1.29 is 21.6 Å². The second-order valence-corrected chi connectivity index (χ2v) is 10.2. The summed E-state index contributed by atoms with van der Waals surface area (Å²) in [6.45, 7) is 1.47. The van der Waals surface area contributed by atoms with Gasteiger partial charge in [0.25, 0.3) is 0 Å². The van der Waals surface area contributed by atoms with Gasteiger partial charge in [0.1, 0.15) is 0 Å². The maximum Gasteiger partial charge on any atom is 0.417 e. The van der Waals surface area contributed by atoms with Crippen LogP contribution in [0.2, 0.25) is 0 Å². The number of anilines is 1. The highest BCUT2D eigenvalue weighted by atomic mass is 79.9. The molecule has 1 fully saturated rings. The fourth-order valence-electron chi connectivity index (χ4n) is 3.30. The minimum atomic E-state index is -4.75. The SMILES string of the molecule is Nc1c(Br)cc(Br)cc1CN1CC[C@@H](NS(=O)(=O)c2ccccc2C(F)(F)F)C1. The van der Waals surface area contributed by atoms with Crippen LogP contribution in [-0.2, 0) is 22.7 Å². The molecule has 1 saturated heterocycles. The first kappa shape index (κ1) is 22.5. The number of nitrogens with two attached hydrogens (primary N) is 1. The van der Waals surface area contributed by atoms with E-state index in [2.05, 4.69) is 36.6 Å². The van der Waals surface area contributed by atoms with Crippen molar-refractivity contribution >= 4 is 47.6 Å². The van der Waals surface area contributed by atoms with Crippen LogP contribution in [0.1, 0.15) is 17.5 Å². The summed E-state index contributed by atoms with van der Waals surface area (Å²) in [5.74, 6) is 0. The summed E-state index contributed by atoms with van der Waals surface area (Å²) in [6.07, 6.45) is -4.26. The Kier molecular flexibility index (Phi) is 6.64. The van der Waals surface area contributed by atoms with Crippen molar-refractivity contribution in [1.29, 1.82) is 0 Å². The number of benzene rings is 2. The highest BCUT2D eigenvalue weighted by molar-refractivity contribution is 9.11. The summed E-state index contributed by atoms with van der Waals surface area (Å²) >= 11 is 6.80. The molecule has 0 unspecified atom stereocenters. The summed E-state index contributed by atoms with van der Waals surface area (Å²) in [4.78, 5) is 1.25. The van der Waals surface area contributed by atoms with Crippen molar-refractivity contribution in [2.24, 2.45) is 0 Å². The molecule has 0 aromatic heterocycles. The Labute approximate surface area is 183 Å². The van der Waals surface area contributed by atoms with Gasteiger partial charge in [-0.15, -0.1) is 0 Å². The number of sulfonamides is 1. The number of halogens is 5.